The number of aliphatic hydroxyl groups is 2. The van der Waals surface area contributed by atoms with Crippen LogP contribution in [-0.2, 0) is 14.3 Å². The van der Waals surface area contributed by atoms with Crippen molar-refractivity contribution in [1.82, 2.24) is 4.90 Å². The van der Waals surface area contributed by atoms with Gasteiger partial charge in [0.1, 0.15) is 0 Å². The number of hydrogen-bond donors (Lipinski definition) is 5. The lowest BCUT2D eigenvalue weighted by Crippen LogP contribution is -2.42. The van der Waals surface area contributed by atoms with E-state index in [4.69, 9.17) is 29.9 Å². The minimum absolute atomic E-state index is 0.0572. The second kappa shape index (κ2) is 14.4. The van der Waals surface area contributed by atoms with E-state index in [9.17, 15) is 25.1 Å². The molecule has 1 saturated heterocycles. The van der Waals surface area contributed by atoms with E-state index in [0.29, 0.717) is 21.3 Å². The summed E-state index contributed by atoms with van der Waals surface area (Å²) in [6, 6.07) is 20.0. The van der Waals surface area contributed by atoms with E-state index in [0.717, 1.165) is 13.2 Å². The fourth-order valence-electron chi connectivity index (χ4n) is 4.36. The average Bonchev–Trinajstić information content (AvgIpc) is 3.01. The number of hydrogen-bond acceptors (Lipinski definition) is 10. The van der Waals surface area contributed by atoms with Gasteiger partial charge in [-0.25, -0.2) is 9.59 Å². The number of aromatic nitrogens is 2. The number of nitrogens with zero attached hydrogens (tertiary/aromatic N) is 3. The van der Waals surface area contributed by atoms with Gasteiger partial charge in [-0.2, -0.15) is 9.46 Å². The fraction of sp³-hybridized carbons (Fsp3) is 0.310. The number of ether oxygens (including phenoxy) is 2. The summed E-state index contributed by atoms with van der Waals surface area (Å²) < 4.78 is 12.0. The molecule has 5 rings (SSSR count). The Balaban J connectivity index is 0.000000187. The van der Waals surface area contributed by atoms with Crippen molar-refractivity contribution in [2.24, 2.45) is 0 Å². The summed E-state index contributed by atoms with van der Waals surface area (Å²) in [5.41, 5.74) is 1.60. The Hall–Kier alpha value is -4.76. The molecule has 1 aliphatic heterocycles. The highest BCUT2D eigenvalue weighted by Gasteiger charge is 2.30. The molecule has 0 spiro atoms. The van der Waals surface area contributed by atoms with Crippen LogP contribution in [0, 0.1) is 10.4 Å². The lowest BCUT2D eigenvalue weighted by Gasteiger charge is -2.37. The molecule has 1 fully saturated rings. The molecule has 2 heterocycles. The number of aromatic hydroxyl groups is 1. The van der Waals surface area contributed by atoms with Gasteiger partial charge in [0.2, 0.25) is 0 Å². The highest BCUT2D eigenvalue weighted by Crippen LogP contribution is 2.27. The van der Waals surface area contributed by atoms with Gasteiger partial charge in [0, 0.05) is 24.7 Å². The quantitative estimate of drug-likeness (QED) is 0.123. The molecule has 14 heteroatoms. The van der Waals surface area contributed by atoms with Crippen molar-refractivity contribution in [2.75, 3.05) is 27.3 Å². The Morgan fingerprint density at radius 3 is 2.00 bits per heavy atom. The summed E-state index contributed by atoms with van der Waals surface area (Å²) in [4.78, 5) is 21.9. The maximum Gasteiger partial charge on any atom is 0.335 e. The minimum Gasteiger partial charge on any atom is -0.617 e. The van der Waals surface area contributed by atoms with Crippen molar-refractivity contribution in [1.29, 1.82) is 0 Å². The monoisotopic (exact) mass is 599 g/mol. The van der Waals surface area contributed by atoms with E-state index >= 15 is 0 Å². The standard InChI is InChI=1S/C13H10N2O4.C12H17NO.C4H6O6/c1-19-11-7-3-5-9-13(11)15(18)8-4-2-6-10(16)12(8)14(9)17;1-10-12(14-9-8-13(10)2)11-6-4-3-5-7-11;5-1(3(7)8)2(6)4(9)10/h2-7,16H,1H3;3-7,10,12H,8-9H2,1-2H3;1-2,5-6H,(H,7,8)(H,9,10)/t;10-,12+;/m.0./s1. The van der Waals surface area contributed by atoms with Crippen LogP contribution in [0.5, 0.6) is 11.5 Å². The highest BCUT2D eigenvalue weighted by atomic mass is 16.5. The number of carboxylic acid groups (broad SMARTS) is 2. The average molecular weight is 600 g/mol. The number of aliphatic hydroxyl groups excluding tert-OH is 2. The number of carbonyl (C=O) groups is 2. The number of phenolic OH excluding ortho intramolecular Hbond substituents is 1. The van der Waals surface area contributed by atoms with Crippen LogP contribution in [0.1, 0.15) is 18.6 Å². The predicted octanol–water partition coefficient (Wildman–Crippen LogP) is 0.930. The van der Waals surface area contributed by atoms with Crippen LogP contribution in [0.4, 0.5) is 0 Å². The van der Waals surface area contributed by atoms with Crippen molar-refractivity contribution < 1.29 is 54.1 Å². The van der Waals surface area contributed by atoms with E-state index in [1.54, 1.807) is 12.1 Å². The van der Waals surface area contributed by atoms with Crippen LogP contribution >= 0.6 is 0 Å². The lowest BCUT2D eigenvalue weighted by atomic mass is 10.0. The molecular weight excluding hydrogens is 566 g/mol. The second-order valence-corrected chi connectivity index (χ2v) is 9.55. The summed E-state index contributed by atoms with van der Waals surface area (Å²) in [7, 11) is 3.58. The van der Waals surface area contributed by atoms with E-state index in [2.05, 4.69) is 43.1 Å². The first-order valence-electron chi connectivity index (χ1n) is 13.0. The van der Waals surface area contributed by atoms with Crippen LogP contribution in [-0.4, -0.2) is 87.9 Å². The van der Waals surface area contributed by atoms with Crippen LogP contribution in [0.2, 0.25) is 0 Å². The van der Waals surface area contributed by atoms with Crippen molar-refractivity contribution >= 4 is 34.0 Å². The van der Waals surface area contributed by atoms with Crippen molar-refractivity contribution in [3.8, 4) is 11.5 Å². The van der Waals surface area contributed by atoms with Gasteiger partial charge in [0.15, 0.2) is 23.7 Å². The molecule has 0 aliphatic carbocycles. The molecule has 0 amide bonds. The Labute approximate surface area is 246 Å². The largest absolute Gasteiger partial charge is 0.617 e. The van der Waals surface area contributed by atoms with Crippen LogP contribution in [0.3, 0.4) is 0 Å². The number of rotatable bonds is 5. The number of para-hydroxylation sites is 2. The van der Waals surface area contributed by atoms with E-state index in [1.165, 1.54) is 36.9 Å². The molecule has 230 valence electrons. The number of methoxy groups -OCH3 is 1. The molecule has 4 atom stereocenters. The van der Waals surface area contributed by atoms with Crippen LogP contribution in [0.15, 0.2) is 66.7 Å². The van der Waals surface area contributed by atoms with E-state index < -0.39 is 24.1 Å². The maximum atomic E-state index is 12.3. The number of morpholine rings is 1. The third-order valence-electron chi connectivity index (χ3n) is 6.84. The third-order valence-corrected chi connectivity index (χ3v) is 6.84. The zero-order chi connectivity index (χ0) is 31.8. The molecule has 0 radical (unpaired) electrons. The summed E-state index contributed by atoms with van der Waals surface area (Å²) >= 11 is 0. The number of fused-ring (bicyclic) bond motifs is 2. The number of phenols is 1. The van der Waals surface area contributed by atoms with Gasteiger partial charge in [-0.1, -0.05) is 42.5 Å². The molecule has 43 heavy (non-hydrogen) atoms. The molecule has 2 unspecified atom stereocenters. The molecule has 0 bridgehead atoms. The third kappa shape index (κ3) is 7.37. The molecule has 1 aromatic heterocycles. The zero-order valence-corrected chi connectivity index (χ0v) is 23.6. The zero-order valence-electron chi connectivity index (χ0n) is 23.6. The first-order valence-corrected chi connectivity index (χ1v) is 13.0. The lowest BCUT2D eigenvalue weighted by molar-refractivity contribution is -0.591. The fourth-order valence-corrected chi connectivity index (χ4v) is 4.36. The summed E-state index contributed by atoms with van der Waals surface area (Å²) in [6.07, 6.45) is -4.30. The van der Waals surface area contributed by atoms with Gasteiger partial charge >= 0.3 is 23.0 Å². The first kappa shape index (κ1) is 32.8. The Kier molecular flexibility index (Phi) is 11.0. The van der Waals surface area contributed by atoms with Gasteiger partial charge in [-0.15, -0.1) is 0 Å². The van der Waals surface area contributed by atoms with E-state index in [1.807, 2.05) is 6.07 Å². The van der Waals surface area contributed by atoms with Gasteiger partial charge < -0.3 is 45.4 Å². The van der Waals surface area contributed by atoms with Crippen molar-refractivity contribution in [2.45, 2.75) is 31.3 Å². The Bertz CT molecular complexity index is 1550. The number of carboxylic acids is 2. The summed E-state index contributed by atoms with van der Waals surface area (Å²) in [5.74, 6) is -3.46. The first-order chi connectivity index (χ1) is 20.4. The molecule has 0 saturated carbocycles. The topological polar surface area (TPSA) is 211 Å². The molecule has 3 aromatic carbocycles. The maximum absolute atomic E-state index is 12.3. The smallest absolute Gasteiger partial charge is 0.335 e. The number of likely N-dealkylation sites (N-methyl/N-ethyl adjacent to an activating group) is 1. The van der Waals surface area contributed by atoms with Gasteiger partial charge in [-0.05, 0) is 31.7 Å². The molecule has 14 nitrogen and oxygen atoms in total. The molecule has 4 aromatic rings. The predicted molar refractivity (Wildman–Crippen MR) is 152 cm³/mol. The van der Waals surface area contributed by atoms with Gasteiger partial charge in [0.25, 0.3) is 11.0 Å². The highest BCUT2D eigenvalue weighted by molar-refractivity contribution is 5.84. The molecule has 5 N–H and O–H groups in total. The SMILES string of the molecule is COc1cccc2c1[n+]([O-])c1cccc(O)c1[n+]2[O-].C[C@H]1[C@H](c2ccccc2)OCCN1C.O=C(O)C(O)C(O)C(=O)O. The minimum atomic E-state index is -2.27. The van der Waals surface area contributed by atoms with Crippen molar-refractivity contribution in [3.05, 3.63) is 82.7 Å². The summed E-state index contributed by atoms with van der Waals surface area (Å²) in [5, 5.41) is 66.9. The van der Waals surface area contributed by atoms with Gasteiger partial charge in [0.05, 0.1) is 19.8 Å². The molecule has 1 aliphatic rings. The number of aliphatic carboxylic acids is 2. The Morgan fingerprint density at radius 1 is 0.907 bits per heavy atom. The molecular formula is C29H33N3O11. The van der Waals surface area contributed by atoms with Crippen molar-refractivity contribution in [3.63, 3.8) is 0 Å². The summed E-state index contributed by atoms with van der Waals surface area (Å²) in [6.45, 7) is 4.09. The normalized spacial score (nSPS) is 18.0. The second-order valence-electron chi connectivity index (χ2n) is 9.55. The van der Waals surface area contributed by atoms with E-state index in [-0.39, 0.29) is 33.9 Å². The number of benzene rings is 3. The van der Waals surface area contributed by atoms with Gasteiger partial charge in [-0.3, -0.25) is 4.90 Å². The Morgan fingerprint density at radius 2 is 1.44 bits per heavy atom. The van der Waals surface area contributed by atoms with Crippen LogP contribution in [0.25, 0.3) is 22.1 Å². The van der Waals surface area contributed by atoms with Crippen LogP contribution < -0.4 is 14.2 Å².